The van der Waals surface area contributed by atoms with E-state index in [-0.39, 0.29) is 35.8 Å². The lowest BCUT2D eigenvalue weighted by molar-refractivity contribution is -0.385. The maximum absolute atomic E-state index is 12.2. The van der Waals surface area contributed by atoms with Gasteiger partial charge in [0.05, 0.1) is 11.3 Å². The van der Waals surface area contributed by atoms with Crippen molar-refractivity contribution in [2.45, 2.75) is 18.0 Å². The fourth-order valence-corrected chi connectivity index (χ4v) is 3.03. The molecule has 0 aliphatic rings. The quantitative estimate of drug-likeness (QED) is 0.347. The molecule has 0 aliphatic heterocycles. The van der Waals surface area contributed by atoms with E-state index < -0.39 is 16.5 Å². The van der Waals surface area contributed by atoms with Crippen molar-refractivity contribution in [1.82, 2.24) is 24.8 Å². The minimum atomic E-state index is -0.940. The molecule has 0 unspecified atom stereocenters. The van der Waals surface area contributed by atoms with Gasteiger partial charge in [-0.1, -0.05) is 30.0 Å². The number of nitro groups is 1. The average molecular weight is 376 g/mol. The molecular formula is C14H12N6O5S. The predicted molar refractivity (Wildman–Crippen MR) is 90.3 cm³/mol. The molecule has 0 saturated heterocycles. The van der Waals surface area contributed by atoms with Gasteiger partial charge in [0.1, 0.15) is 5.69 Å². The zero-order valence-corrected chi connectivity index (χ0v) is 14.0. The summed E-state index contributed by atoms with van der Waals surface area (Å²) in [4.78, 5) is 35.9. The third-order valence-corrected chi connectivity index (χ3v) is 4.33. The van der Waals surface area contributed by atoms with Gasteiger partial charge in [-0.25, -0.2) is 0 Å². The highest BCUT2D eigenvalue weighted by Crippen LogP contribution is 2.20. The van der Waals surface area contributed by atoms with E-state index in [4.69, 9.17) is 5.11 Å². The number of hydrogen-bond acceptors (Lipinski definition) is 8. The smallest absolute Gasteiger partial charge is 0.304 e. The fourth-order valence-electron chi connectivity index (χ4n) is 2.23. The van der Waals surface area contributed by atoms with Crippen molar-refractivity contribution in [3.8, 4) is 0 Å². The van der Waals surface area contributed by atoms with Crippen LogP contribution in [0.1, 0.15) is 17.7 Å². The molecule has 0 fully saturated rings. The van der Waals surface area contributed by atoms with Crippen molar-refractivity contribution in [3.63, 3.8) is 0 Å². The highest BCUT2D eigenvalue weighted by molar-refractivity contribution is 7.99. The molecule has 26 heavy (non-hydrogen) atoms. The monoisotopic (exact) mass is 376 g/mol. The molecule has 0 saturated carbocycles. The number of aromatic amines is 1. The molecule has 2 N–H and O–H groups in total. The first-order valence-electron chi connectivity index (χ1n) is 7.37. The minimum absolute atomic E-state index is 0.0418. The Kier molecular flexibility index (Phi) is 4.93. The summed E-state index contributed by atoms with van der Waals surface area (Å²) in [6, 6.07) is 6.09. The van der Waals surface area contributed by atoms with Crippen LogP contribution in [0.2, 0.25) is 0 Å². The Labute approximate surface area is 149 Å². The zero-order chi connectivity index (χ0) is 18.7. The number of nitrogens with one attached hydrogen (secondary N) is 1. The second-order valence-corrected chi connectivity index (χ2v) is 6.24. The third-order valence-electron chi connectivity index (χ3n) is 3.41. The van der Waals surface area contributed by atoms with Crippen LogP contribution in [-0.4, -0.2) is 46.5 Å². The van der Waals surface area contributed by atoms with Crippen molar-refractivity contribution in [2.24, 2.45) is 0 Å². The Morgan fingerprint density at radius 2 is 2.12 bits per heavy atom. The lowest BCUT2D eigenvalue weighted by atomic mass is 10.1. The number of H-pyrrole nitrogens is 1. The molecule has 1 aromatic carbocycles. The minimum Gasteiger partial charge on any atom is -0.481 e. The van der Waals surface area contributed by atoms with Gasteiger partial charge in [-0.05, 0) is 0 Å². The molecule has 2 heterocycles. The first kappa shape index (κ1) is 17.5. The average Bonchev–Trinajstić information content (AvgIpc) is 2.97. The number of rotatable bonds is 7. The topological polar surface area (TPSA) is 156 Å². The zero-order valence-electron chi connectivity index (χ0n) is 13.2. The van der Waals surface area contributed by atoms with Crippen LogP contribution in [0.3, 0.4) is 0 Å². The number of carboxylic acid groups (broad SMARTS) is 1. The van der Waals surface area contributed by atoms with Gasteiger partial charge in [-0.2, -0.15) is 9.61 Å². The van der Waals surface area contributed by atoms with E-state index in [1.807, 2.05) is 0 Å². The third kappa shape index (κ3) is 3.69. The molecule has 3 aromatic rings. The Morgan fingerprint density at radius 1 is 1.35 bits per heavy atom. The summed E-state index contributed by atoms with van der Waals surface area (Å²) in [5.74, 6) is -0.569. The molecule has 0 spiro atoms. The Morgan fingerprint density at radius 3 is 2.85 bits per heavy atom. The van der Waals surface area contributed by atoms with Crippen molar-refractivity contribution in [2.75, 3.05) is 5.75 Å². The predicted octanol–water partition coefficient (Wildman–Crippen LogP) is 0.878. The normalized spacial score (nSPS) is 10.9. The van der Waals surface area contributed by atoms with Crippen LogP contribution < -0.4 is 5.56 Å². The molecule has 11 nitrogen and oxygen atoms in total. The standard InChI is InChI=1S/C14H12N6O5S/c21-11(22)5-6-26-14-17-16-13-15-12(23)9(18-19(13)14)7-8-3-1-2-4-10(8)20(24)25/h1-4H,5-7H2,(H,21,22)(H,15,16,23). The van der Waals surface area contributed by atoms with Gasteiger partial charge in [0, 0.05) is 23.8 Å². The van der Waals surface area contributed by atoms with Gasteiger partial charge in [0.2, 0.25) is 5.16 Å². The summed E-state index contributed by atoms with van der Waals surface area (Å²) < 4.78 is 1.29. The fraction of sp³-hybridized carbons (Fsp3) is 0.214. The van der Waals surface area contributed by atoms with E-state index in [1.54, 1.807) is 18.2 Å². The molecule has 0 radical (unpaired) electrons. The summed E-state index contributed by atoms with van der Waals surface area (Å²) in [5.41, 5.74) is -0.214. The number of aliphatic carboxylic acids is 1. The van der Waals surface area contributed by atoms with Gasteiger partial charge in [-0.3, -0.25) is 24.7 Å². The maximum atomic E-state index is 12.2. The van der Waals surface area contributed by atoms with Crippen molar-refractivity contribution in [1.29, 1.82) is 0 Å². The number of thioether (sulfide) groups is 1. The van der Waals surface area contributed by atoms with E-state index in [1.165, 1.54) is 10.6 Å². The van der Waals surface area contributed by atoms with Gasteiger partial charge in [0.25, 0.3) is 17.0 Å². The van der Waals surface area contributed by atoms with E-state index in [9.17, 15) is 19.7 Å². The maximum Gasteiger partial charge on any atom is 0.304 e. The number of nitrogens with zero attached hydrogens (tertiary/aromatic N) is 5. The Hall–Kier alpha value is -3.28. The number of para-hydroxylation sites is 1. The number of aromatic nitrogens is 5. The number of hydrogen-bond donors (Lipinski definition) is 2. The van der Waals surface area contributed by atoms with Crippen LogP contribution >= 0.6 is 11.8 Å². The molecule has 0 bridgehead atoms. The number of carbonyl (C=O) groups is 1. The van der Waals surface area contributed by atoms with E-state index in [0.717, 1.165) is 11.8 Å². The van der Waals surface area contributed by atoms with Crippen molar-refractivity contribution in [3.05, 3.63) is 56.0 Å². The SMILES string of the molecule is O=C(O)CCSc1nnc2[nH]c(=O)c(Cc3ccccc3[N+](=O)[O-])nn12. The van der Waals surface area contributed by atoms with Gasteiger partial charge < -0.3 is 5.11 Å². The number of fused-ring (bicyclic) bond motifs is 1. The molecule has 134 valence electrons. The first-order chi connectivity index (χ1) is 12.5. The summed E-state index contributed by atoms with van der Waals surface area (Å²) in [7, 11) is 0. The number of benzene rings is 1. The second-order valence-electron chi connectivity index (χ2n) is 5.17. The number of carboxylic acids is 1. The largest absolute Gasteiger partial charge is 0.481 e. The van der Waals surface area contributed by atoms with E-state index in [0.29, 0.717) is 10.7 Å². The second kappa shape index (κ2) is 7.31. The molecular weight excluding hydrogens is 364 g/mol. The Balaban J connectivity index is 1.94. The van der Waals surface area contributed by atoms with Crippen LogP contribution in [0.5, 0.6) is 0 Å². The van der Waals surface area contributed by atoms with Crippen LogP contribution in [0.25, 0.3) is 5.78 Å². The molecule has 0 amide bonds. The van der Waals surface area contributed by atoms with Crippen LogP contribution in [0, 0.1) is 10.1 Å². The molecule has 3 rings (SSSR count). The van der Waals surface area contributed by atoms with E-state index in [2.05, 4.69) is 20.3 Å². The van der Waals surface area contributed by atoms with Gasteiger partial charge >= 0.3 is 5.97 Å². The molecule has 12 heteroatoms. The first-order valence-corrected chi connectivity index (χ1v) is 8.36. The van der Waals surface area contributed by atoms with E-state index >= 15 is 0 Å². The summed E-state index contributed by atoms with van der Waals surface area (Å²) in [6.45, 7) is 0. The molecule has 0 aliphatic carbocycles. The highest BCUT2D eigenvalue weighted by atomic mass is 32.2. The lowest BCUT2D eigenvalue weighted by Gasteiger charge is -2.03. The van der Waals surface area contributed by atoms with Crippen LogP contribution in [0.15, 0.2) is 34.2 Å². The molecule has 2 aromatic heterocycles. The summed E-state index contributed by atoms with van der Waals surface area (Å²) in [6.07, 6.45) is -0.105. The highest BCUT2D eigenvalue weighted by Gasteiger charge is 2.17. The van der Waals surface area contributed by atoms with Gasteiger partial charge in [-0.15, -0.1) is 10.2 Å². The lowest BCUT2D eigenvalue weighted by Crippen LogP contribution is -2.19. The summed E-state index contributed by atoms with van der Waals surface area (Å²) >= 11 is 1.13. The van der Waals surface area contributed by atoms with Crippen LogP contribution in [-0.2, 0) is 11.2 Å². The van der Waals surface area contributed by atoms with Crippen LogP contribution in [0.4, 0.5) is 5.69 Å². The number of nitro benzene ring substituents is 1. The van der Waals surface area contributed by atoms with Crippen molar-refractivity contribution >= 4 is 29.2 Å². The summed E-state index contributed by atoms with van der Waals surface area (Å²) in [5, 5.41) is 32.0. The Bertz CT molecular complexity index is 1050. The van der Waals surface area contributed by atoms with Gasteiger partial charge in [0.15, 0.2) is 0 Å². The molecule has 0 atom stereocenters. The van der Waals surface area contributed by atoms with Crippen molar-refractivity contribution < 1.29 is 14.8 Å².